The molecule has 1 atom stereocenters. The number of hydrogen-bond acceptors (Lipinski definition) is 1. The Morgan fingerprint density at radius 1 is 1.20 bits per heavy atom. The number of hydrogen-bond donors (Lipinski definition) is 0. The summed E-state index contributed by atoms with van der Waals surface area (Å²) in [6, 6.07) is 10.4. The van der Waals surface area contributed by atoms with E-state index in [0.29, 0.717) is 0 Å². The molecule has 1 aliphatic rings. The molecule has 10 heavy (non-hydrogen) atoms. The van der Waals surface area contributed by atoms with Crippen LogP contribution in [0.3, 0.4) is 0 Å². The fourth-order valence-corrected chi connectivity index (χ4v) is 2.09. The third kappa shape index (κ3) is 1.04. The van der Waals surface area contributed by atoms with Gasteiger partial charge in [0.2, 0.25) is 0 Å². The maximum atomic E-state index is 5.34. The van der Waals surface area contributed by atoms with E-state index in [4.69, 9.17) is 4.18 Å². The van der Waals surface area contributed by atoms with Gasteiger partial charge in [0.25, 0.3) is 0 Å². The smallest absolute Gasteiger partial charge is 0.163 e. The van der Waals surface area contributed by atoms with E-state index in [0.717, 1.165) is 6.61 Å². The summed E-state index contributed by atoms with van der Waals surface area (Å²) in [6.07, 6.45) is 0. The topological polar surface area (TPSA) is 9.23 Å². The van der Waals surface area contributed by atoms with Gasteiger partial charge in [0.05, 0.1) is 0 Å². The lowest BCUT2D eigenvalue weighted by Crippen LogP contribution is -2.27. The molecule has 0 bridgehead atoms. The van der Waals surface area contributed by atoms with Crippen LogP contribution in [-0.2, 0) is 15.4 Å². The molecule has 2 heteroatoms. The molecular formula is C8H9OS+. The van der Waals surface area contributed by atoms with Gasteiger partial charge in [-0.25, -0.2) is 0 Å². The third-order valence-corrected chi connectivity index (χ3v) is 3.29. The van der Waals surface area contributed by atoms with Crippen molar-refractivity contribution in [2.75, 3.05) is 12.4 Å². The van der Waals surface area contributed by atoms with Gasteiger partial charge in [0, 0.05) is 0 Å². The molecule has 0 amide bonds. The molecular weight excluding hydrogens is 144 g/mol. The Kier molecular flexibility index (Phi) is 1.65. The number of benzene rings is 1. The summed E-state index contributed by atoms with van der Waals surface area (Å²) in [4.78, 5) is 1.34. The normalized spacial score (nSPS) is 23.8. The fourth-order valence-electron chi connectivity index (χ4n) is 0.925. The van der Waals surface area contributed by atoms with Gasteiger partial charge in [-0.05, 0) is 12.1 Å². The molecule has 1 nitrogen and oxygen atoms in total. The average Bonchev–Trinajstić information content (AvgIpc) is 1.86. The lowest BCUT2D eigenvalue weighted by molar-refractivity contribution is 0.341. The molecule has 2 rings (SSSR count). The summed E-state index contributed by atoms with van der Waals surface area (Å²) >= 11 is 0.140. The third-order valence-electron chi connectivity index (χ3n) is 1.50. The van der Waals surface area contributed by atoms with Gasteiger partial charge in [-0.15, -0.1) is 0 Å². The average molecular weight is 153 g/mol. The first kappa shape index (κ1) is 6.25. The minimum atomic E-state index is 0.140. The first-order chi connectivity index (χ1) is 4.97. The Bertz CT molecular complexity index is 206. The van der Waals surface area contributed by atoms with E-state index in [1.54, 1.807) is 0 Å². The second-order valence-corrected chi connectivity index (χ2v) is 3.99. The van der Waals surface area contributed by atoms with Gasteiger partial charge in [-0.3, -0.25) is 0 Å². The highest BCUT2D eigenvalue weighted by Crippen LogP contribution is 2.20. The summed E-state index contributed by atoms with van der Waals surface area (Å²) in [5.41, 5.74) is 0. The molecule has 0 saturated carbocycles. The highest BCUT2D eigenvalue weighted by Gasteiger charge is 2.33. The van der Waals surface area contributed by atoms with E-state index in [9.17, 15) is 0 Å². The zero-order valence-electron chi connectivity index (χ0n) is 5.62. The van der Waals surface area contributed by atoms with E-state index >= 15 is 0 Å². The fraction of sp³-hybridized carbons (Fsp3) is 0.250. The molecule has 0 radical (unpaired) electrons. The van der Waals surface area contributed by atoms with Gasteiger partial charge in [0.1, 0.15) is 0 Å². The van der Waals surface area contributed by atoms with Crippen LogP contribution in [0.15, 0.2) is 35.2 Å². The molecule has 1 aliphatic heterocycles. The van der Waals surface area contributed by atoms with Crippen LogP contribution in [0.4, 0.5) is 0 Å². The van der Waals surface area contributed by atoms with Crippen molar-refractivity contribution < 1.29 is 4.18 Å². The zero-order chi connectivity index (χ0) is 6.81. The minimum absolute atomic E-state index is 0.140. The van der Waals surface area contributed by atoms with Crippen LogP contribution in [0.5, 0.6) is 0 Å². The van der Waals surface area contributed by atoms with Gasteiger partial charge in [-0.2, -0.15) is 4.18 Å². The lowest BCUT2D eigenvalue weighted by Gasteiger charge is -2.11. The quantitative estimate of drug-likeness (QED) is 0.557. The van der Waals surface area contributed by atoms with Crippen molar-refractivity contribution in [3.8, 4) is 0 Å². The standard InChI is InChI=1S/C8H9OS/c1-2-4-8(5-3-1)10-7-6-9-10/h1-5H,6-7H2/q+1. The largest absolute Gasteiger partial charge is 0.190 e. The SMILES string of the molecule is c1ccc([S+]2CCO2)cc1. The van der Waals surface area contributed by atoms with E-state index < -0.39 is 0 Å². The lowest BCUT2D eigenvalue weighted by atomic mass is 10.4. The molecule has 0 aliphatic carbocycles. The second-order valence-electron chi connectivity index (χ2n) is 2.18. The van der Waals surface area contributed by atoms with Crippen LogP contribution in [0.25, 0.3) is 0 Å². The second kappa shape index (κ2) is 2.64. The van der Waals surface area contributed by atoms with Crippen LogP contribution in [-0.4, -0.2) is 12.4 Å². The summed E-state index contributed by atoms with van der Waals surface area (Å²) < 4.78 is 5.34. The van der Waals surface area contributed by atoms with Crippen LogP contribution in [0.2, 0.25) is 0 Å². The first-order valence-electron chi connectivity index (χ1n) is 3.36. The minimum Gasteiger partial charge on any atom is -0.163 e. The molecule has 1 aromatic rings. The summed E-state index contributed by atoms with van der Waals surface area (Å²) in [6.45, 7) is 0.942. The molecule has 52 valence electrons. The van der Waals surface area contributed by atoms with Crippen molar-refractivity contribution in [3.63, 3.8) is 0 Å². The Hall–Kier alpha value is -0.470. The van der Waals surface area contributed by atoms with E-state index in [1.807, 2.05) is 6.07 Å². The van der Waals surface area contributed by atoms with Crippen LogP contribution in [0, 0.1) is 0 Å². The zero-order valence-corrected chi connectivity index (χ0v) is 6.43. The van der Waals surface area contributed by atoms with E-state index in [-0.39, 0.29) is 11.2 Å². The van der Waals surface area contributed by atoms with Crippen LogP contribution in [0.1, 0.15) is 0 Å². The van der Waals surface area contributed by atoms with Crippen molar-refractivity contribution >= 4 is 11.2 Å². The first-order valence-corrected chi connectivity index (χ1v) is 4.68. The van der Waals surface area contributed by atoms with Gasteiger partial charge in [-0.1, -0.05) is 18.2 Å². The molecule has 1 aromatic carbocycles. The van der Waals surface area contributed by atoms with Gasteiger partial charge in [0.15, 0.2) is 28.4 Å². The molecule has 1 saturated heterocycles. The molecule has 1 unspecified atom stereocenters. The van der Waals surface area contributed by atoms with Crippen molar-refractivity contribution in [3.05, 3.63) is 30.3 Å². The summed E-state index contributed by atoms with van der Waals surface area (Å²) in [7, 11) is 0. The maximum absolute atomic E-state index is 5.34. The Morgan fingerprint density at radius 3 is 2.40 bits per heavy atom. The highest BCUT2D eigenvalue weighted by molar-refractivity contribution is 7.93. The van der Waals surface area contributed by atoms with Crippen molar-refractivity contribution in [2.45, 2.75) is 4.90 Å². The van der Waals surface area contributed by atoms with Gasteiger partial charge >= 0.3 is 0 Å². The summed E-state index contributed by atoms with van der Waals surface area (Å²) in [5, 5.41) is 0. The van der Waals surface area contributed by atoms with Crippen LogP contribution < -0.4 is 0 Å². The monoisotopic (exact) mass is 153 g/mol. The van der Waals surface area contributed by atoms with Gasteiger partial charge < -0.3 is 0 Å². The summed E-state index contributed by atoms with van der Waals surface area (Å²) in [5.74, 6) is 1.21. The maximum Gasteiger partial charge on any atom is 0.190 e. The molecule has 1 heterocycles. The highest BCUT2D eigenvalue weighted by atomic mass is 32.2. The Balaban J connectivity index is 2.18. The predicted octanol–water partition coefficient (Wildman–Crippen LogP) is 1.61. The Labute approximate surface area is 63.6 Å². The molecule has 1 fully saturated rings. The Morgan fingerprint density at radius 2 is 1.90 bits per heavy atom. The predicted molar refractivity (Wildman–Crippen MR) is 42.9 cm³/mol. The molecule has 0 N–H and O–H groups in total. The van der Waals surface area contributed by atoms with Crippen molar-refractivity contribution in [1.29, 1.82) is 0 Å². The van der Waals surface area contributed by atoms with E-state index in [1.165, 1.54) is 10.6 Å². The molecule has 0 aromatic heterocycles. The van der Waals surface area contributed by atoms with Crippen LogP contribution >= 0.6 is 0 Å². The van der Waals surface area contributed by atoms with Crippen molar-refractivity contribution in [2.24, 2.45) is 0 Å². The van der Waals surface area contributed by atoms with Crippen molar-refractivity contribution in [1.82, 2.24) is 0 Å². The van der Waals surface area contributed by atoms with E-state index in [2.05, 4.69) is 24.3 Å². The molecule has 0 spiro atoms. The number of rotatable bonds is 1.